The summed E-state index contributed by atoms with van der Waals surface area (Å²) in [5, 5.41) is 2.61. The maximum absolute atomic E-state index is 5.82. The minimum absolute atomic E-state index is 0.558. The van der Waals surface area contributed by atoms with Crippen molar-refractivity contribution in [3.05, 3.63) is 28.2 Å². The van der Waals surface area contributed by atoms with Crippen LogP contribution in [0.4, 0.5) is 5.69 Å². The monoisotopic (exact) mass is 190 g/mol. The highest BCUT2D eigenvalue weighted by molar-refractivity contribution is 6.36. The highest BCUT2D eigenvalue weighted by Crippen LogP contribution is 2.26. The van der Waals surface area contributed by atoms with Gasteiger partial charge in [-0.25, -0.2) is 5.84 Å². The quantitative estimate of drug-likeness (QED) is 0.545. The van der Waals surface area contributed by atoms with Crippen molar-refractivity contribution in [1.29, 1.82) is 0 Å². The van der Waals surface area contributed by atoms with Gasteiger partial charge >= 0.3 is 0 Å². The van der Waals surface area contributed by atoms with Gasteiger partial charge in [0.15, 0.2) is 0 Å². The number of benzene rings is 1. The molecule has 1 aromatic rings. The van der Waals surface area contributed by atoms with E-state index < -0.39 is 0 Å². The highest BCUT2D eigenvalue weighted by atomic mass is 35.5. The second-order valence-electron chi connectivity index (χ2n) is 2.21. The van der Waals surface area contributed by atoms with Gasteiger partial charge < -0.3 is 5.01 Å². The maximum Gasteiger partial charge on any atom is 0.0701 e. The van der Waals surface area contributed by atoms with E-state index >= 15 is 0 Å². The summed E-state index contributed by atoms with van der Waals surface area (Å²) < 4.78 is 0. The van der Waals surface area contributed by atoms with Crippen molar-refractivity contribution in [2.24, 2.45) is 5.84 Å². The molecule has 0 heterocycles. The Kier molecular flexibility index (Phi) is 2.60. The first-order chi connectivity index (χ1) is 5.11. The van der Waals surface area contributed by atoms with E-state index in [0.717, 1.165) is 5.69 Å². The van der Waals surface area contributed by atoms with E-state index in [-0.39, 0.29) is 0 Å². The van der Waals surface area contributed by atoms with Gasteiger partial charge in [0, 0.05) is 12.1 Å². The van der Waals surface area contributed by atoms with Gasteiger partial charge in [0.2, 0.25) is 0 Å². The topological polar surface area (TPSA) is 29.3 Å². The van der Waals surface area contributed by atoms with E-state index in [9.17, 15) is 0 Å². The largest absolute Gasteiger partial charge is 0.313 e. The Bertz CT molecular complexity index is 261. The summed E-state index contributed by atoms with van der Waals surface area (Å²) in [6.45, 7) is 0. The van der Waals surface area contributed by atoms with Crippen LogP contribution in [-0.4, -0.2) is 7.05 Å². The molecule has 0 unspecified atom stereocenters. The van der Waals surface area contributed by atoms with Crippen molar-refractivity contribution in [1.82, 2.24) is 0 Å². The van der Waals surface area contributed by atoms with E-state index in [1.54, 1.807) is 25.2 Å². The molecule has 0 saturated carbocycles. The molecule has 1 aromatic carbocycles. The molecule has 0 saturated heterocycles. The van der Waals surface area contributed by atoms with E-state index in [2.05, 4.69) is 0 Å². The molecule has 0 aliphatic rings. The molecule has 0 amide bonds. The van der Waals surface area contributed by atoms with E-state index in [4.69, 9.17) is 29.0 Å². The minimum atomic E-state index is 0.558. The van der Waals surface area contributed by atoms with Gasteiger partial charge in [-0.15, -0.1) is 0 Å². The molecular weight excluding hydrogens is 183 g/mol. The van der Waals surface area contributed by atoms with Gasteiger partial charge in [-0.05, 0) is 18.2 Å². The van der Waals surface area contributed by atoms with Crippen LogP contribution in [0.5, 0.6) is 0 Å². The van der Waals surface area contributed by atoms with Gasteiger partial charge in [-0.2, -0.15) is 0 Å². The van der Waals surface area contributed by atoms with Crippen LogP contribution in [0.1, 0.15) is 0 Å². The maximum atomic E-state index is 5.82. The van der Waals surface area contributed by atoms with Crippen molar-refractivity contribution in [3.8, 4) is 0 Å². The van der Waals surface area contributed by atoms with Crippen molar-refractivity contribution in [2.75, 3.05) is 12.1 Å². The summed E-state index contributed by atoms with van der Waals surface area (Å²) >= 11 is 11.5. The Balaban J connectivity index is 3.09. The molecule has 0 bridgehead atoms. The van der Waals surface area contributed by atoms with Gasteiger partial charge in [0.05, 0.1) is 10.7 Å². The Morgan fingerprint density at radius 2 is 2.00 bits per heavy atom. The summed E-state index contributed by atoms with van der Waals surface area (Å²) in [6, 6.07) is 5.17. The molecule has 2 nitrogen and oxygen atoms in total. The first kappa shape index (κ1) is 8.65. The van der Waals surface area contributed by atoms with Crippen LogP contribution < -0.4 is 10.9 Å². The lowest BCUT2D eigenvalue weighted by Crippen LogP contribution is -2.25. The second-order valence-corrected chi connectivity index (χ2v) is 3.05. The first-order valence-electron chi connectivity index (χ1n) is 3.05. The molecule has 0 aliphatic carbocycles. The molecule has 60 valence electrons. The van der Waals surface area contributed by atoms with Crippen molar-refractivity contribution >= 4 is 28.9 Å². The fourth-order valence-electron chi connectivity index (χ4n) is 0.767. The summed E-state index contributed by atoms with van der Waals surface area (Å²) in [6.07, 6.45) is 0. The van der Waals surface area contributed by atoms with Gasteiger partial charge in [0.25, 0.3) is 0 Å². The number of nitrogens with zero attached hydrogens (tertiary/aromatic N) is 1. The number of nitrogens with two attached hydrogens (primary N) is 1. The standard InChI is InChI=1S/C7H8Cl2N2/c1-11(10)7-3-2-5(8)4-6(7)9/h2-4H,10H2,1H3. The van der Waals surface area contributed by atoms with E-state index in [1.807, 2.05) is 0 Å². The van der Waals surface area contributed by atoms with Crippen molar-refractivity contribution < 1.29 is 0 Å². The zero-order chi connectivity index (χ0) is 8.43. The summed E-state index contributed by atoms with van der Waals surface area (Å²) in [4.78, 5) is 0. The molecule has 0 radical (unpaired) electrons. The molecule has 11 heavy (non-hydrogen) atoms. The molecule has 0 atom stereocenters. The predicted octanol–water partition coefficient (Wildman–Crippen LogP) is 2.30. The third kappa shape index (κ3) is 1.99. The second kappa shape index (κ2) is 3.30. The summed E-state index contributed by atoms with van der Waals surface area (Å²) in [7, 11) is 1.72. The number of hydrogen-bond donors (Lipinski definition) is 1. The lowest BCUT2D eigenvalue weighted by molar-refractivity contribution is 1.02. The van der Waals surface area contributed by atoms with Crippen LogP contribution in [0.3, 0.4) is 0 Å². The Morgan fingerprint density at radius 1 is 1.36 bits per heavy atom. The minimum Gasteiger partial charge on any atom is -0.313 e. The third-order valence-electron chi connectivity index (χ3n) is 1.29. The van der Waals surface area contributed by atoms with Crippen LogP contribution in [-0.2, 0) is 0 Å². The smallest absolute Gasteiger partial charge is 0.0701 e. The summed E-state index contributed by atoms with van der Waals surface area (Å²) in [5.74, 6) is 5.47. The van der Waals surface area contributed by atoms with E-state index in [0.29, 0.717) is 10.0 Å². The fourth-order valence-corrected chi connectivity index (χ4v) is 1.31. The molecular formula is C7H8Cl2N2. The molecule has 1 rings (SSSR count). The van der Waals surface area contributed by atoms with Crippen LogP contribution >= 0.6 is 23.2 Å². The molecule has 0 aromatic heterocycles. The molecule has 4 heteroatoms. The number of anilines is 1. The average molecular weight is 191 g/mol. The molecule has 2 N–H and O–H groups in total. The molecule has 0 spiro atoms. The zero-order valence-electron chi connectivity index (χ0n) is 6.01. The van der Waals surface area contributed by atoms with Gasteiger partial charge in [-0.3, -0.25) is 0 Å². The lowest BCUT2D eigenvalue weighted by Gasteiger charge is -2.13. The Labute approximate surface area is 75.5 Å². The first-order valence-corrected chi connectivity index (χ1v) is 3.80. The third-order valence-corrected chi connectivity index (χ3v) is 1.83. The average Bonchev–Trinajstić information content (AvgIpc) is 1.85. The normalized spacial score (nSPS) is 9.82. The van der Waals surface area contributed by atoms with Crippen LogP contribution in [0, 0.1) is 0 Å². The van der Waals surface area contributed by atoms with E-state index in [1.165, 1.54) is 5.01 Å². The van der Waals surface area contributed by atoms with Crippen molar-refractivity contribution in [2.45, 2.75) is 0 Å². The Morgan fingerprint density at radius 3 is 2.45 bits per heavy atom. The predicted molar refractivity (Wildman–Crippen MR) is 49.1 cm³/mol. The SMILES string of the molecule is CN(N)c1ccc(Cl)cc1Cl. The molecule has 0 aliphatic heterocycles. The zero-order valence-corrected chi connectivity index (χ0v) is 7.52. The lowest BCUT2D eigenvalue weighted by atomic mass is 10.3. The fraction of sp³-hybridized carbons (Fsp3) is 0.143. The van der Waals surface area contributed by atoms with Crippen LogP contribution in [0.2, 0.25) is 10.0 Å². The number of halogens is 2. The van der Waals surface area contributed by atoms with Crippen LogP contribution in [0.15, 0.2) is 18.2 Å². The van der Waals surface area contributed by atoms with Gasteiger partial charge in [-0.1, -0.05) is 23.2 Å². The number of hydrazine groups is 1. The van der Waals surface area contributed by atoms with Crippen molar-refractivity contribution in [3.63, 3.8) is 0 Å². The highest BCUT2D eigenvalue weighted by Gasteiger charge is 2.01. The number of hydrogen-bond acceptors (Lipinski definition) is 2. The van der Waals surface area contributed by atoms with Crippen LogP contribution in [0.25, 0.3) is 0 Å². The Hall–Kier alpha value is -0.440. The van der Waals surface area contributed by atoms with Gasteiger partial charge in [0.1, 0.15) is 0 Å². The number of rotatable bonds is 1. The summed E-state index contributed by atoms with van der Waals surface area (Å²) in [5.41, 5.74) is 0.760. The molecule has 0 fully saturated rings.